The van der Waals surface area contributed by atoms with Crippen LogP contribution in [0.3, 0.4) is 0 Å². The lowest BCUT2D eigenvalue weighted by atomic mass is 10.1. The van der Waals surface area contributed by atoms with Crippen LogP contribution in [0.15, 0.2) is 42.7 Å². The van der Waals surface area contributed by atoms with Crippen molar-refractivity contribution >= 4 is 0 Å². The van der Waals surface area contributed by atoms with Crippen molar-refractivity contribution in [1.82, 2.24) is 4.98 Å². The number of methoxy groups -OCH3 is 1. The number of pyridine rings is 1. The van der Waals surface area contributed by atoms with Crippen LogP contribution in [-0.4, -0.2) is 17.2 Å². The largest absolute Gasteiger partial charge is 0.495 e. The van der Waals surface area contributed by atoms with Crippen LogP contribution in [0.25, 0.3) is 11.1 Å². The fraction of sp³-hybridized carbons (Fsp3) is 0.154. The Morgan fingerprint density at radius 2 is 1.88 bits per heavy atom. The van der Waals surface area contributed by atoms with Crippen molar-refractivity contribution in [2.75, 3.05) is 7.11 Å². The second-order valence-electron chi connectivity index (χ2n) is 3.47. The molecule has 0 bridgehead atoms. The summed E-state index contributed by atoms with van der Waals surface area (Å²) in [6, 6.07) is 9.65. The number of hydrogen-bond acceptors (Lipinski definition) is 3. The lowest BCUT2D eigenvalue weighted by Gasteiger charge is -2.04. The van der Waals surface area contributed by atoms with E-state index in [2.05, 4.69) is 4.98 Å². The summed E-state index contributed by atoms with van der Waals surface area (Å²) in [5, 5.41) is 8.95. The van der Waals surface area contributed by atoms with Crippen LogP contribution in [0, 0.1) is 0 Å². The highest BCUT2D eigenvalue weighted by Crippen LogP contribution is 2.22. The first kappa shape index (κ1) is 10.6. The Hall–Kier alpha value is -1.87. The van der Waals surface area contributed by atoms with Crippen molar-refractivity contribution in [3.05, 3.63) is 48.3 Å². The summed E-state index contributed by atoms with van der Waals surface area (Å²) in [6.45, 7) is 0.0661. The Balaban J connectivity index is 2.34. The molecule has 1 aromatic heterocycles. The Bertz CT molecular complexity index is 466. The fourth-order valence-corrected chi connectivity index (χ4v) is 1.49. The number of rotatable bonds is 3. The Morgan fingerprint density at radius 1 is 1.12 bits per heavy atom. The summed E-state index contributed by atoms with van der Waals surface area (Å²) in [4.78, 5) is 4.10. The molecule has 82 valence electrons. The standard InChI is InChI=1S/C13H13NO2/c1-16-13-6-12(7-14-8-13)11-4-2-10(9-15)3-5-11/h2-8,15H,9H2,1H3. The molecular weight excluding hydrogens is 202 g/mol. The maximum atomic E-state index is 8.95. The first-order valence-electron chi connectivity index (χ1n) is 5.02. The molecule has 0 unspecified atom stereocenters. The van der Waals surface area contributed by atoms with Crippen molar-refractivity contribution in [2.45, 2.75) is 6.61 Å². The SMILES string of the molecule is COc1cncc(-c2ccc(CO)cc2)c1. The number of nitrogens with zero attached hydrogens (tertiary/aromatic N) is 1. The zero-order valence-corrected chi connectivity index (χ0v) is 9.05. The molecule has 0 atom stereocenters. The van der Waals surface area contributed by atoms with Gasteiger partial charge in [0.25, 0.3) is 0 Å². The average molecular weight is 215 g/mol. The van der Waals surface area contributed by atoms with Crippen molar-refractivity contribution in [3.63, 3.8) is 0 Å². The smallest absolute Gasteiger partial charge is 0.137 e. The lowest BCUT2D eigenvalue weighted by Crippen LogP contribution is -1.87. The molecule has 0 fully saturated rings. The number of ether oxygens (including phenoxy) is 1. The number of benzene rings is 1. The lowest BCUT2D eigenvalue weighted by molar-refractivity contribution is 0.282. The zero-order chi connectivity index (χ0) is 11.4. The highest BCUT2D eigenvalue weighted by molar-refractivity contribution is 5.64. The van der Waals surface area contributed by atoms with Gasteiger partial charge < -0.3 is 9.84 Å². The molecule has 0 saturated carbocycles. The monoisotopic (exact) mass is 215 g/mol. The molecule has 1 heterocycles. The van der Waals surface area contributed by atoms with E-state index in [9.17, 15) is 0 Å². The third kappa shape index (κ3) is 2.20. The molecule has 0 aliphatic rings. The maximum absolute atomic E-state index is 8.95. The van der Waals surface area contributed by atoms with Crippen LogP contribution in [0.4, 0.5) is 0 Å². The van der Waals surface area contributed by atoms with Crippen LogP contribution in [0.5, 0.6) is 5.75 Å². The fourth-order valence-electron chi connectivity index (χ4n) is 1.49. The third-order valence-corrected chi connectivity index (χ3v) is 2.42. The number of aromatic nitrogens is 1. The minimum Gasteiger partial charge on any atom is -0.495 e. The number of aliphatic hydroxyl groups excluding tert-OH is 1. The topological polar surface area (TPSA) is 42.4 Å². The first-order valence-corrected chi connectivity index (χ1v) is 5.02. The van der Waals surface area contributed by atoms with Gasteiger partial charge in [0, 0.05) is 11.8 Å². The number of aliphatic hydroxyl groups is 1. The quantitative estimate of drug-likeness (QED) is 0.853. The second-order valence-corrected chi connectivity index (χ2v) is 3.47. The molecule has 0 aliphatic carbocycles. The van der Waals surface area contributed by atoms with E-state index in [4.69, 9.17) is 9.84 Å². The summed E-state index contributed by atoms with van der Waals surface area (Å²) in [5.74, 6) is 0.740. The molecular formula is C13H13NO2. The molecule has 0 spiro atoms. The van der Waals surface area contributed by atoms with Gasteiger partial charge in [0.1, 0.15) is 5.75 Å². The van der Waals surface area contributed by atoms with Gasteiger partial charge >= 0.3 is 0 Å². The highest BCUT2D eigenvalue weighted by atomic mass is 16.5. The summed E-state index contributed by atoms with van der Waals surface area (Å²) < 4.78 is 5.12. The minimum atomic E-state index is 0.0661. The molecule has 3 nitrogen and oxygen atoms in total. The van der Waals surface area contributed by atoms with Crippen LogP contribution in [-0.2, 0) is 6.61 Å². The van der Waals surface area contributed by atoms with Crippen LogP contribution >= 0.6 is 0 Å². The van der Waals surface area contributed by atoms with E-state index in [0.29, 0.717) is 0 Å². The van der Waals surface area contributed by atoms with Crippen molar-refractivity contribution in [2.24, 2.45) is 0 Å². The number of hydrogen-bond donors (Lipinski definition) is 1. The van der Waals surface area contributed by atoms with Crippen molar-refractivity contribution < 1.29 is 9.84 Å². The van der Waals surface area contributed by atoms with Gasteiger partial charge in [0.05, 0.1) is 19.9 Å². The summed E-state index contributed by atoms with van der Waals surface area (Å²) in [7, 11) is 1.62. The van der Waals surface area contributed by atoms with Gasteiger partial charge in [-0.15, -0.1) is 0 Å². The molecule has 2 aromatic rings. The summed E-state index contributed by atoms with van der Waals surface area (Å²) in [6.07, 6.45) is 3.46. The van der Waals surface area contributed by atoms with E-state index in [1.807, 2.05) is 30.3 Å². The predicted octanol–water partition coefficient (Wildman–Crippen LogP) is 2.25. The van der Waals surface area contributed by atoms with E-state index in [-0.39, 0.29) is 6.61 Å². The van der Waals surface area contributed by atoms with Gasteiger partial charge in [-0.3, -0.25) is 4.98 Å². The molecule has 0 radical (unpaired) electrons. The van der Waals surface area contributed by atoms with Crippen LogP contribution in [0.1, 0.15) is 5.56 Å². The zero-order valence-electron chi connectivity index (χ0n) is 9.05. The van der Waals surface area contributed by atoms with Crippen LogP contribution in [0.2, 0.25) is 0 Å². The van der Waals surface area contributed by atoms with Gasteiger partial charge in [0.15, 0.2) is 0 Å². The molecule has 1 N–H and O–H groups in total. The van der Waals surface area contributed by atoms with E-state index < -0.39 is 0 Å². The van der Waals surface area contributed by atoms with Crippen molar-refractivity contribution in [1.29, 1.82) is 0 Å². The Morgan fingerprint density at radius 3 is 2.50 bits per heavy atom. The molecule has 0 amide bonds. The minimum absolute atomic E-state index is 0.0661. The van der Waals surface area contributed by atoms with Gasteiger partial charge in [0.2, 0.25) is 0 Å². The molecule has 1 aromatic carbocycles. The molecule has 0 saturated heterocycles. The molecule has 3 heteroatoms. The van der Waals surface area contributed by atoms with E-state index >= 15 is 0 Å². The van der Waals surface area contributed by atoms with E-state index in [0.717, 1.165) is 22.4 Å². The van der Waals surface area contributed by atoms with Gasteiger partial charge in [-0.25, -0.2) is 0 Å². The third-order valence-electron chi connectivity index (χ3n) is 2.42. The maximum Gasteiger partial charge on any atom is 0.137 e. The summed E-state index contributed by atoms with van der Waals surface area (Å²) >= 11 is 0. The van der Waals surface area contributed by atoms with Gasteiger partial charge in [-0.2, -0.15) is 0 Å². The summed E-state index contributed by atoms with van der Waals surface area (Å²) in [5.41, 5.74) is 2.96. The van der Waals surface area contributed by atoms with E-state index in [1.165, 1.54) is 0 Å². The highest BCUT2D eigenvalue weighted by Gasteiger charge is 2.00. The average Bonchev–Trinajstić information content (AvgIpc) is 2.39. The Labute approximate surface area is 94.3 Å². The van der Waals surface area contributed by atoms with Gasteiger partial charge in [-0.05, 0) is 17.2 Å². The molecule has 0 aliphatic heterocycles. The van der Waals surface area contributed by atoms with Crippen molar-refractivity contribution in [3.8, 4) is 16.9 Å². The predicted molar refractivity (Wildman–Crippen MR) is 62.1 cm³/mol. The normalized spacial score (nSPS) is 10.1. The first-order chi connectivity index (χ1) is 7.83. The second kappa shape index (κ2) is 4.77. The Kier molecular flexibility index (Phi) is 3.17. The molecule has 16 heavy (non-hydrogen) atoms. The van der Waals surface area contributed by atoms with E-state index in [1.54, 1.807) is 19.5 Å². The van der Waals surface area contributed by atoms with Crippen LogP contribution < -0.4 is 4.74 Å². The molecule has 2 rings (SSSR count). The van der Waals surface area contributed by atoms with Gasteiger partial charge in [-0.1, -0.05) is 24.3 Å².